The lowest BCUT2D eigenvalue weighted by Gasteiger charge is -2.36. The van der Waals surface area contributed by atoms with Crippen LogP contribution in [0.2, 0.25) is 0 Å². The van der Waals surface area contributed by atoms with Crippen LogP contribution in [0, 0.1) is 0 Å². The molecular formula is C52H58N8O4. The monoisotopic (exact) mass is 858 g/mol. The Morgan fingerprint density at radius 3 is 1.64 bits per heavy atom. The van der Waals surface area contributed by atoms with Crippen molar-refractivity contribution in [2.45, 2.75) is 38.5 Å². The van der Waals surface area contributed by atoms with Crippen molar-refractivity contribution in [1.29, 1.82) is 0 Å². The summed E-state index contributed by atoms with van der Waals surface area (Å²) in [5.74, 6) is 1.84. The Labute approximate surface area is 374 Å². The average Bonchev–Trinajstić information content (AvgIpc) is 3.34. The van der Waals surface area contributed by atoms with Gasteiger partial charge in [0.25, 0.3) is 0 Å². The number of nitrogens with one attached hydrogen (secondary N) is 2. The number of H-pyrrole nitrogens is 1. The number of pyridine rings is 3. The van der Waals surface area contributed by atoms with Crippen LogP contribution in [0.5, 0.6) is 11.8 Å². The number of hydrogen-bond acceptors (Lipinski definition) is 10. The summed E-state index contributed by atoms with van der Waals surface area (Å²) in [7, 11) is 0. The van der Waals surface area contributed by atoms with Gasteiger partial charge in [-0.1, -0.05) is 72.8 Å². The second kappa shape index (κ2) is 20.8. The van der Waals surface area contributed by atoms with Crippen molar-refractivity contribution in [2.24, 2.45) is 0 Å². The zero-order valence-electron chi connectivity index (χ0n) is 36.6. The van der Waals surface area contributed by atoms with Crippen LogP contribution in [0.4, 0.5) is 17.2 Å². The van der Waals surface area contributed by atoms with Crippen molar-refractivity contribution in [3.05, 3.63) is 137 Å². The fourth-order valence-corrected chi connectivity index (χ4v) is 9.02. The molecule has 1 amide bonds. The van der Waals surface area contributed by atoms with Crippen LogP contribution in [-0.4, -0.2) is 109 Å². The summed E-state index contributed by atoms with van der Waals surface area (Å²) in [6.07, 6.45) is 5.46. The van der Waals surface area contributed by atoms with Crippen LogP contribution in [0.3, 0.4) is 0 Å². The van der Waals surface area contributed by atoms with E-state index in [1.54, 1.807) is 6.07 Å². The van der Waals surface area contributed by atoms with E-state index in [2.05, 4.69) is 125 Å². The number of unbranched alkanes of at least 4 members (excludes halogenated alkanes) is 2. The molecule has 2 fully saturated rings. The maximum atomic E-state index is 11.5. The predicted octanol–water partition coefficient (Wildman–Crippen LogP) is 8.16. The molecule has 3 aliphatic rings. The van der Waals surface area contributed by atoms with Crippen LogP contribution in [-0.2, 0) is 11.2 Å². The van der Waals surface area contributed by atoms with Crippen molar-refractivity contribution in [3.63, 3.8) is 0 Å². The van der Waals surface area contributed by atoms with Crippen molar-refractivity contribution >= 4 is 55.7 Å². The van der Waals surface area contributed by atoms with Gasteiger partial charge >= 0.3 is 0 Å². The van der Waals surface area contributed by atoms with Gasteiger partial charge in [0.1, 0.15) is 11.5 Å². The van der Waals surface area contributed by atoms with E-state index in [1.807, 2.05) is 24.3 Å². The van der Waals surface area contributed by atoms with E-state index >= 15 is 0 Å². The van der Waals surface area contributed by atoms with Crippen LogP contribution in [0.1, 0.15) is 37.7 Å². The zero-order valence-corrected chi connectivity index (χ0v) is 36.6. The van der Waals surface area contributed by atoms with Gasteiger partial charge in [-0.2, -0.15) is 9.97 Å². The molecule has 6 heterocycles. The first kappa shape index (κ1) is 42.8. The Morgan fingerprint density at radius 1 is 0.500 bits per heavy atom. The average molecular weight is 859 g/mol. The highest BCUT2D eigenvalue weighted by Crippen LogP contribution is 2.29. The smallest absolute Gasteiger partial charge is 0.249 e. The number of aromatic nitrogens is 3. The van der Waals surface area contributed by atoms with E-state index in [-0.39, 0.29) is 11.5 Å². The number of amides is 1. The van der Waals surface area contributed by atoms with E-state index in [9.17, 15) is 9.59 Å². The largest absolute Gasteiger partial charge is 0.478 e. The summed E-state index contributed by atoms with van der Waals surface area (Å²) in [6.45, 7) is 12.1. The second-order valence-corrected chi connectivity index (χ2v) is 16.9. The van der Waals surface area contributed by atoms with Gasteiger partial charge in [0.15, 0.2) is 0 Å². The fourth-order valence-electron chi connectivity index (χ4n) is 9.02. The Kier molecular flexibility index (Phi) is 13.9. The molecule has 0 radical (unpaired) electrons. The maximum Gasteiger partial charge on any atom is 0.249 e. The summed E-state index contributed by atoms with van der Waals surface area (Å²) < 4.78 is 11.6. The Bertz CT molecular complexity index is 2720. The third kappa shape index (κ3) is 10.8. The number of carbonyl (C=O) groups excluding carboxylic acids is 1. The molecule has 0 saturated carbocycles. The van der Waals surface area contributed by atoms with Crippen LogP contribution < -0.4 is 30.1 Å². The number of carbonyl (C=O) groups is 1. The van der Waals surface area contributed by atoms with E-state index in [0.717, 1.165) is 109 Å². The number of piperazine rings is 2. The van der Waals surface area contributed by atoms with Crippen LogP contribution in [0.25, 0.3) is 32.6 Å². The van der Waals surface area contributed by atoms with E-state index in [4.69, 9.17) is 9.47 Å². The van der Waals surface area contributed by atoms with E-state index < -0.39 is 0 Å². The van der Waals surface area contributed by atoms with Crippen molar-refractivity contribution < 1.29 is 14.3 Å². The van der Waals surface area contributed by atoms with Gasteiger partial charge in [0.05, 0.1) is 13.2 Å². The molecular weight excluding hydrogens is 801 g/mol. The first-order valence-corrected chi connectivity index (χ1v) is 23.0. The molecule has 3 aliphatic heterocycles. The number of nitrogens with zero attached hydrogens (tertiary/aromatic N) is 6. The highest BCUT2D eigenvalue weighted by molar-refractivity contribution is 5.95. The molecule has 330 valence electrons. The molecule has 4 aromatic carbocycles. The SMILES string of the molecule is O=C1CCc2ccc(OCCCCN3CCN(c4cccc5ccccc45)CC3)nc2N1.O=c1ccc2ccc(OCCCCN3CCN(c4cccc5ccccc45)CC3)nc2[nH]1. The first-order valence-electron chi connectivity index (χ1n) is 23.0. The minimum absolute atomic E-state index is 0.0303. The number of aryl methyl sites for hydroxylation is 1. The quantitative estimate of drug-likeness (QED) is 0.104. The number of ether oxygens (including phenoxy) is 2. The summed E-state index contributed by atoms with van der Waals surface area (Å²) in [5.41, 5.74) is 4.20. The van der Waals surface area contributed by atoms with Crippen LogP contribution >= 0.6 is 0 Å². The lowest BCUT2D eigenvalue weighted by molar-refractivity contribution is -0.116. The molecule has 0 aliphatic carbocycles. The third-order valence-corrected chi connectivity index (χ3v) is 12.6. The topological polar surface area (TPSA) is 119 Å². The number of rotatable bonds is 14. The number of hydrogen-bond donors (Lipinski definition) is 2. The molecule has 7 aromatic rings. The molecule has 2 saturated heterocycles. The van der Waals surface area contributed by atoms with Gasteiger partial charge in [-0.3, -0.25) is 19.4 Å². The molecule has 0 bridgehead atoms. The van der Waals surface area contributed by atoms with Crippen molar-refractivity contribution in [2.75, 3.05) is 93.8 Å². The summed E-state index contributed by atoms with van der Waals surface area (Å²) in [6, 6.07) is 41.4. The van der Waals surface area contributed by atoms with Crippen molar-refractivity contribution in [1.82, 2.24) is 24.8 Å². The van der Waals surface area contributed by atoms with Gasteiger partial charge in [0, 0.05) is 105 Å². The Morgan fingerprint density at radius 2 is 1.03 bits per heavy atom. The minimum atomic E-state index is -0.150. The molecule has 10 rings (SSSR count). The molecule has 0 unspecified atom stereocenters. The summed E-state index contributed by atoms with van der Waals surface area (Å²) in [5, 5.41) is 9.03. The number of benzene rings is 4. The zero-order chi connectivity index (χ0) is 43.5. The first-order chi connectivity index (χ1) is 31.5. The number of fused-ring (bicyclic) bond motifs is 4. The molecule has 12 heteroatoms. The molecule has 2 N–H and O–H groups in total. The molecule has 12 nitrogen and oxygen atoms in total. The second-order valence-electron chi connectivity index (χ2n) is 16.9. The minimum Gasteiger partial charge on any atom is -0.478 e. The molecule has 64 heavy (non-hydrogen) atoms. The fraction of sp³-hybridized carbons (Fsp3) is 0.346. The van der Waals surface area contributed by atoms with Gasteiger partial charge < -0.3 is 29.6 Å². The van der Waals surface area contributed by atoms with E-state index in [1.165, 1.54) is 39.0 Å². The lowest BCUT2D eigenvalue weighted by atomic mass is 10.1. The molecule has 0 spiro atoms. The standard InChI is InChI=1S/C26H30N4O2.C26H28N4O2/c2*31-24-12-10-21-11-13-25(28-26(21)27-24)32-19-4-3-14-29-15-17-30(18-16-29)23-9-5-7-20-6-1-2-8-22(20)23/h1-2,5-9,11,13H,3-4,10,12,14-19H2,(H,27,28,31);1-2,5-13H,3-4,14-19H2,(H,27,28,31). The van der Waals surface area contributed by atoms with Gasteiger partial charge in [0.2, 0.25) is 23.2 Å². The van der Waals surface area contributed by atoms with Crippen molar-refractivity contribution in [3.8, 4) is 11.8 Å². The normalized spacial score (nSPS) is 15.7. The molecule has 3 aromatic heterocycles. The number of aromatic amines is 1. The van der Waals surface area contributed by atoms with Gasteiger partial charge in [-0.05, 0) is 91.9 Å². The highest BCUT2D eigenvalue weighted by atomic mass is 16.5. The van der Waals surface area contributed by atoms with Gasteiger partial charge in [-0.15, -0.1) is 0 Å². The van der Waals surface area contributed by atoms with Gasteiger partial charge in [-0.25, -0.2) is 0 Å². The molecule has 0 atom stereocenters. The summed E-state index contributed by atoms with van der Waals surface area (Å²) >= 11 is 0. The highest BCUT2D eigenvalue weighted by Gasteiger charge is 2.20. The van der Waals surface area contributed by atoms with E-state index in [0.29, 0.717) is 42.9 Å². The third-order valence-electron chi connectivity index (χ3n) is 12.6. The Hall–Kier alpha value is -6.50. The summed E-state index contributed by atoms with van der Waals surface area (Å²) in [4.78, 5) is 44.7. The van der Waals surface area contributed by atoms with Crippen LogP contribution in [0.15, 0.2) is 126 Å². The predicted molar refractivity (Wildman–Crippen MR) is 258 cm³/mol. The maximum absolute atomic E-state index is 11.5. The lowest BCUT2D eigenvalue weighted by Crippen LogP contribution is -2.46. The Balaban J connectivity index is 0.000000162. The number of anilines is 3.